The molecule has 18 heavy (non-hydrogen) atoms. The number of rotatable bonds is 5. The third-order valence-electron chi connectivity index (χ3n) is 3.26. The molecule has 3 nitrogen and oxygen atoms in total. The van der Waals surface area contributed by atoms with Gasteiger partial charge in [-0.1, -0.05) is 24.6 Å². The van der Waals surface area contributed by atoms with Crippen LogP contribution < -0.4 is 10.1 Å². The van der Waals surface area contributed by atoms with Crippen molar-refractivity contribution in [2.45, 2.75) is 31.4 Å². The molecule has 0 saturated carbocycles. The molecular weight excluding hydrogens is 294 g/mol. The van der Waals surface area contributed by atoms with Gasteiger partial charge in [0.25, 0.3) is 0 Å². The van der Waals surface area contributed by atoms with Crippen molar-refractivity contribution in [3.05, 3.63) is 30.3 Å². The number of benzene rings is 1. The number of halogens is 1. The highest BCUT2D eigenvalue weighted by atomic mass is 79.9. The summed E-state index contributed by atoms with van der Waals surface area (Å²) in [5.74, 6) is 0.908. The molecule has 1 aromatic rings. The number of hydrogen-bond donors (Lipinski definition) is 1. The van der Waals surface area contributed by atoms with Crippen molar-refractivity contribution in [1.29, 1.82) is 0 Å². The van der Waals surface area contributed by atoms with Crippen LogP contribution in [0.3, 0.4) is 0 Å². The van der Waals surface area contributed by atoms with E-state index >= 15 is 0 Å². The van der Waals surface area contributed by atoms with E-state index in [1.54, 1.807) is 7.11 Å². The Morgan fingerprint density at radius 3 is 2.67 bits per heavy atom. The number of nitrogens with one attached hydrogen (secondary N) is 1. The fourth-order valence-electron chi connectivity index (χ4n) is 2.24. The van der Waals surface area contributed by atoms with E-state index in [1.807, 2.05) is 30.3 Å². The zero-order chi connectivity index (χ0) is 11.9. The standard InChI is InChI=1S/C14H21NO2.BrH/c1-16-14(13-9-5-6-10-15-13)11-17-12-7-3-2-4-8-12;/h2-4,7-8,13-15H,5-6,9-11H2,1H3;1H. The average molecular weight is 316 g/mol. The van der Waals surface area contributed by atoms with Gasteiger partial charge in [-0.3, -0.25) is 0 Å². The van der Waals surface area contributed by atoms with Crippen LogP contribution in [0.5, 0.6) is 5.75 Å². The molecule has 0 amide bonds. The Morgan fingerprint density at radius 1 is 1.28 bits per heavy atom. The highest BCUT2D eigenvalue weighted by Gasteiger charge is 2.23. The van der Waals surface area contributed by atoms with Crippen molar-refractivity contribution in [3.8, 4) is 5.75 Å². The van der Waals surface area contributed by atoms with Gasteiger partial charge in [-0.15, -0.1) is 17.0 Å². The third kappa shape index (κ3) is 4.59. The smallest absolute Gasteiger partial charge is 0.119 e. The summed E-state index contributed by atoms with van der Waals surface area (Å²) in [7, 11) is 1.76. The Bertz CT molecular complexity index is 315. The molecule has 0 bridgehead atoms. The van der Waals surface area contributed by atoms with Gasteiger partial charge in [0.2, 0.25) is 0 Å². The predicted molar refractivity (Wildman–Crippen MR) is 78.7 cm³/mol. The summed E-state index contributed by atoms with van der Waals surface area (Å²) in [5.41, 5.74) is 0. The zero-order valence-electron chi connectivity index (χ0n) is 10.8. The van der Waals surface area contributed by atoms with Gasteiger partial charge in [0.05, 0.1) is 0 Å². The van der Waals surface area contributed by atoms with Crippen molar-refractivity contribution in [2.75, 3.05) is 20.3 Å². The number of methoxy groups -OCH3 is 1. The molecule has 0 aliphatic carbocycles. The first-order chi connectivity index (χ1) is 8.40. The first-order valence-corrected chi connectivity index (χ1v) is 6.34. The SMILES string of the molecule is Br.COC(COc1ccccc1)C1CCCCN1. The second kappa shape index (κ2) is 8.51. The van der Waals surface area contributed by atoms with E-state index in [1.165, 1.54) is 19.3 Å². The fraction of sp³-hybridized carbons (Fsp3) is 0.571. The lowest BCUT2D eigenvalue weighted by molar-refractivity contribution is 0.0230. The average Bonchev–Trinajstić information content (AvgIpc) is 2.42. The van der Waals surface area contributed by atoms with Crippen LogP contribution in [0.1, 0.15) is 19.3 Å². The molecule has 1 aromatic carbocycles. The maximum atomic E-state index is 5.75. The minimum atomic E-state index is 0. The lowest BCUT2D eigenvalue weighted by Crippen LogP contribution is -2.46. The molecule has 1 fully saturated rings. The molecular formula is C14H22BrNO2. The van der Waals surface area contributed by atoms with Crippen LogP contribution in [0, 0.1) is 0 Å². The van der Waals surface area contributed by atoms with E-state index in [0.29, 0.717) is 12.6 Å². The maximum Gasteiger partial charge on any atom is 0.119 e. The number of ether oxygens (including phenoxy) is 2. The van der Waals surface area contributed by atoms with E-state index in [4.69, 9.17) is 9.47 Å². The summed E-state index contributed by atoms with van der Waals surface area (Å²) in [6.45, 7) is 1.70. The third-order valence-corrected chi connectivity index (χ3v) is 3.26. The van der Waals surface area contributed by atoms with E-state index in [9.17, 15) is 0 Å². The number of hydrogen-bond acceptors (Lipinski definition) is 3. The molecule has 1 aliphatic heterocycles. The quantitative estimate of drug-likeness (QED) is 0.906. The number of para-hydroxylation sites is 1. The molecule has 0 aromatic heterocycles. The first kappa shape index (κ1) is 15.5. The minimum absolute atomic E-state index is 0. The van der Waals surface area contributed by atoms with Crippen LogP contribution in [0.25, 0.3) is 0 Å². The van der Waals surface area contributed by atoms with Gasteiger partial charge in [-0.2, -0.15) is 0 Å². The van der Waals surface area contributed by atoms with Crippen molar-refractivity contribution in [2.24, 2.45) is 0 Å². The van der Waals surface area contributed by atoms with Crippen molar-refractivity contribution in [3.63, 3.8) is 0 Å². The van der Waals surface area contributed by atoms with Crippen LogP contribution in [0.2, 0.25) is 0 Å². The molecule has 1 heterocycles. The van der Waals surface area contributed by atoms with Crippen LogP contribution in [-0.2, 0) is 4.74 Å². The summed E-state index contributed by atoms with van der Waals surface area (Å²) in [5, 5.41) is 3.50. The molecule has 0 spiro atoms. The van der Waals surface area contributed by atoms with E-state index in [0.717, 1.165) is 12.3 Å². The zero-order valence-corrected chi connectivity index (χ0v) is 12.5. The van der Waals surface area contributed by atoms with Crippen molar-refractivity contribution < 1.29 is 9.47 Å². The summed E-state index contributed by atoms with van der Waals surface area (Å²) in [6.07, 6.45) is 3.86. The van der Waals surface area contributed by atoms with E-state index in [-0.39, 0.29) is 23.1 Å². The lowest BCUT2D eigenvalue weighted by atomic mass is 10.0. The monoisotopic (exact) mass is 315 g/mol. The Labute approximate surface area is 120 Å². The summed E-state index contributed by atoms with van der Waals surface area (Å²) in [4.78, 5) is 0. The Hall–Kier alpha value is -0.580. The fourth-order valence-corrected chi connectivity index (χ4v) is 2.24. The van der Waals surface area contributed by atoms with Gasteiger partial charge in [0.1, 0.15) is 18.5 Å². The van der Waals surface area contributed by atoms with Gasteiger partial charge < -0.3 is 14.8 Å². The topological polar surface area (TPSA) is 30.5 Å². The second-order valence-electron chi connectivity index (χ2n) is 4.45. The number of piperidine rings is 1. The summed E-state index contributed by atoms with van der Waals surface area (Å²) >= 11 is 0. The molecule has 1 aliphatic rings. The Morgan fingerprint density at radius 2 is 2.06 bits per heavy atom. The van der Waals surface area contributed by atoms with E-state index in [2.05, 4.69) is 5.32 Å². The van der Waals surface area contributed by atoms with Crippen LogP contribution in [0.4, 0.5) is 0 Å². The summed E-state index contributed by atoms with van der Waals surface area (Å²) < 4.78 is 11.3. The van der Waals surface area contributed by atoms with Gasteiger partial charge in [-0.05, 0) is 31.5 Å². The molecule has 2 atom stereocenters. The van der Waals surface area contributed by atoms with Crippen molar-refractivity contribution >= 4 is 17.0 Å². The van der Waals surface area contributed by atoms with Gasteiger partial charge in [0, 0.05) is 13.2 Å². The Kier molecular flexibility index (Phi) is 7.32. The van der Waals surface area contributed by atoms with Crippen LogP contribution in [-0.4, -0.2) is 32.4 Å². The highest BCUT2D eigenvalue weighted by molar-refractivity contribution is 8.93. The molecule has 1 N–H and O–H groups in total. The summed E-state index contributed by atoms with van der Waals surface area (Å²) in [6, 6.07) is 10.3. The largest absolute Gasteiger partial charge is 0.491 e. The van der Waals surface area contributed by atoms with Crippen LogP contribution >= 0.6 is 17.0 Å². The lowest BCUT2D eigenvalue weighted by Gasteiger charge is -2.30. The predicted octanol–water partition coefficient (Wildman–Crippen LogP) is 2.80. The highest BCUT2D eigenvalue weighted by Crippen LogP contribution is 2.15. The first-order valence-electron chi connectivity index (χ1n) is 6.34. The minimum Gasteiger partial charge on any atom is -0.491 e. The van der Waals surface area contributed by atoms with Gasteiger partial charge in [0.15, 0.2) is 0 Å². The molecule has 2 rings (SSSR count). The van der Waals surface area contributed by atoms with Crippen molar-refractivity contribution in [1.82, 2.24) is 5.32 Å². The van der Waals surface area contributed by atoms with Crippen LogP contribution in [0.15, 0.2) is 30.3 Å². The second-order valence-corrected chi connectivity index (χ2v) is 4.45. The molecule has 4 heteroatoms. The molecule has 102 valence electrons. The normalized spacial score (nSPS) is 20.8. The van der Waals surface area contributed by atoms with Gasteiger partial charge in [-0.25, -0.2) is 0 Å². The Balaban J connectivity index is 0.00000162. The van der Waals surface area contributed by atoms with Gasteiger partial charge >= 0.3 is 0 Å². The molecule has 0 radical (unpaired) electrons. The molecule has 1 saturated heterocycles. The maximum absolute atomic E-state index is 5.75. The molecule has 2 unspecified atom stereocenters. The van der Waals surface area contributed by atoms with E-state index < -0.39 is 0 Å².